The molecule has 1 N–H and O–H groups in total. The van der Waals surface area contributed by atoms with Gasteiger partial charge < -0.3 is 4.98 Å². The fourth-order valence-corrected chi connectivity index (χ4v) is 2.25. The predicted octanol–water partition coefficient (Wildman–Crippen LogP) is 4.53. The standard InChI is InChI=1S/C16H9BrFN3/c17-12-3-1-10(2-4-12)7-11(9-19)16-20-14-6-5-13(18)8-15(14)21-16/h1-8H,(H,20,21)/b11-7-. The maximum absolute atomic E-state index is 13.2. The maximum atomic E-state index is 13.2. The molecule has 0 aliphatic rings. The molecular formula is C16H9BrFN3. The molecule has 102 valence electrons. The van der Waals surface area contributed by atoms with Crippen molar-refractivity contribution in [2.24, 2.45) is 0 Å². The summed E-state index contributed by atoms with van der Waals surface area (Å²) >= 11 is 3.36. The third kappa shape index (κ3) is 2.86. The predicted molar refractivity (Wildman–Crippen MR) is 83.7 cm³/mol. The normalized spacial score (nSPS) is 11.6. The molecule has 0 amide bonds. The van der Waals surface area contributed by atoms with Gasteiger partial charge >= 0.3 is 0 Å². The molecule has 1 heterocycles. The van der Waals surface area contributed by atoms with Crippen LogP contribution in [0.4, 0.5) is 4.39 Å². The molecule has 0 bridgehead atoms. The monoisotopic (exact) mass is 341 g/mol. The average Bonchev–Trinajstić information content (AvgIpc) is 2.89. The Balaban J connectivity index is 2.05. The molecular weight excluding hydrogens is 333 g/mol. The number of aromatic amines is 1. The summed E-state index contributed by atoms with van der Waals surface area (Å²) in [4.78, 5) is 7.28. The Kier molecular flexibility index (Phi) is 3.55. The van der Waals surface area contributed by atoms with Gasteiger partial charge in [0.1, 0.15) is 17.7 Å². The van der Waals surface area contributed by atoms with Crippen LogP contribution in [-0.4, -0.2) is 9.97 Å². The Morgan fingerprint density at radius 2 is 2.00 bits per heavy atom. The maximum Gasteiger partial charge on any atom is 0.149 e. The second-order valence-electron chi connectivity index (χ2n) is 4.47. The highest BCUT2D eigenvalue weighted by atomic mass is 79.9. The van der Waals surface area contributed by atoms with Crippen molar-refractivity contribution in [1.29, 1.82) is 5.26 Å². The first-order chi connectivity index (χ1) is 10.2. The molecule has 3 aromatic rings. The van der Waals surface area contributed by atoms with E-state index in [0.29, 0.717) is 22.4 Å². The third-order valence-electron chi connectivity index (χ3n) is 3.00. The number of fused-ring (bicyclic) bond motifs is 1. The lowest BCUT2D eigenvalue weighted by molar-refractivity contribution is 0.629. The van der Waals surface area contributed by atoms with Gasteiger partial charge in [-0.3, -0.25) is 0 Å². The number of H-pyrrole nitrogens is 1. The van der Waals surface area contributed by atoms with Gasteiger partial charge in [0.25, 0.3) is 0 Å². The molecule has 21 heavy (non-hydrogen) atoms. The second kappa shape index (κ2) is 5.51. The van der Waals surface area contributed by atoms with Gasteiger partial charge in [-0.25, -0.2) is 9.37 Å². The van der Waals surface area contributed by atoms with E-state index in [9.17, 15) is 9.65 Å². The van der Waals surface area contributed by atoms with E-state index in [4.69, 9.17) is 0 Å². The van der Waals surface area contributed by atoms with Crippen molar-refractivity contribution in [1.82, 2.24) is 9.97 Å². The lowest BCUT2D eigenvalue weighted by Gasteiger charge is -1.96. The lowest BCUT2D eigenvalue weighted by Crippen LogP contribution is -1.84. The first-order valence-electron chi connectivity index (χ1n) is 6.19. The molecule has 0 fully saturated rings. The van der Waals surface area contributed by atoms with E-state index in [2.05, 4.69) is 32.0 Å². The Morgan fingerprint density at radius 3 is 2.71 bits per heavy atom. The zero-order valence-corrected chi connectivity index (χ0v) is 12.4. The molecule has 0 atom stereocenters. The Morgan fingerprint density at radius 1 is 1.24 bits per heavy atom. The largest absolute Gasteiger partial charge is 0.337 e. The summed E-state index contributed by atoms with van der Waals surface area (Å²) in [5, 5.41) is 9.31. The van der Waals surface area contributed by atoms with Crippen LogP contribution in [0.25, 0.3) is 22.7 Å². The van der Waals surface area contributed by atoms with Crippen molar-refractivity contribution in [3.05, 3.63) is 64.1 Å². The number of nitriles is 1. The molecule has 2 aromatic carbocycles. The summed E-state index contributed by atoms with van der Waals surface area (Å²) in [5.41, 5.74) is 2.49. The number of allylic oxidation sites excluding steroid dienone is 1. The quantitative estimate of drug-likeness (QED) is 0.696. The molecule has 1 aromatic heterocycles. The van der Waals surface area contributed by atoms with E-state index in [1.54, 1.807) is 12.1 Å². The lowest BCUT2D eigenvalue weighted by atomic mass is 10.1. The first kappa shape index (κ1) is 13.5. The summed E-state index contributed by atoms with van der Waals surface area (Å²) in [6, 6.07) is 14.0. The van der Waals surface area contributed by atoms with Gasteiger partial charge in [-0.1, -0.05) is 28.1 Å². The topological polar surface area (TPSA) is 52.5 Å². The highest BCUT2D eigenvalue weighted by Gasteiger charge is 2.08. The van der Waals surface area contributed by atoms with E-state index in [0.717, 1.165) is 10.0 Å². The van der Waals surface area contributed by atoms with Gasteiger partial charge in [-0.2, -0.15) is 5.26 Å². The van der Waals surface area contributed by atoms with E-state index in [-0.39, 0.29) is 5.82 Å². The van der Waals surface area contributed by atoms with Crippen LogP contribution >= 0.6 is 15.9 Å². The van der Waals surface area contributed by atoms with Gasteiger partial charge in [0.2, 0.25) is 0 Å². The minimum atomic E-state index is -0.340. The average molecular weight is 342 g/mol. The SMILES string of the molecule is N#C/C(=C/c1ccc(Br)cc1)c1nc2ccc(F)cc2[nH]1. The van der Waals surface area contributed by atoms with Gasteiger partial charge in [-0.15, -0.1) is 0 Å². The van der Waals surface area contributed by atoms with Crippen LogP contribution < -0.4 is 0 Å². The van der Waals surface area contributed by atoms with Crippen molar-refractivity contribution in [3.63, 3.8) is 0 Å². The molecule has 0 unspecified atom stereocenters. The number of aromatic nitrogens is 2. The number of hydrogen-bond donors (Lipinski definition) is 1. The minimum Gasteiger partial charge on any atom is -0.337 e. The fourth-order valence-electron chi connectivity index (χ4n) is 1.99. The van der Waals surface area contributed by atoms with Crippen LogP contribution in [0.1, 0.15) is 11.4 Å². The van der Waals surface area contributed by atoms with Crippen LogP contribution in [0.2, 0.25) is 0 Å². The zero-order valence-electron chi connectivity index (χ0n) is 10.8. The van der Waals surface area contributed by atoms with Crippen molar-refractivity contribution < 1.29 is 4.39 Å². The number of halogens is 2. The third-order valence-corrected chi connectivity index (χ3v) is 3.53. The van der Waals surface area contributed by atoms with Crippen molar-refractivity contribution in [2.75, 3.05) is 0 Å². The summed E-state index contributed by atoms with van der Waals surface area (Å²) in [5.74, 6) is 0.0918. The molecule has 0 radical (unpaired) electrons. The number of rotatable bonds is 2. The smallest absolute Gasteiger partial charge is 0.149 e. The second-order valence-corrected chi connectivity index (χ2v) is 5.38. The van der Waals surface area contributed by atoms with Crippen LogP contribution in [0.5, 0.6) is 0 Å². The van der Waals surface area contributed by atoms with E-state index < -0.39 is 0 Å². The van der Waals surface area contributed by atoms with Crippen molar-refractivity contribution in [3.8, 4) is 6.07 Å². The molecule has 0 saturated carbocycles. The molecule has 0 aliphatic heterocycles. The Labute approximate surface area is 128 Å². The number of imidazole rings is 1. The number of nitrogens with one attached hydrogen (secondary N) is 1. The molecule has 3 nitrogen and oxygen atoms in total. The van der Waals surface area contributed by atoms with Crippen molar-refractivity contribution in [2.45, 2.75) is 0 Å². The summed E-state index contributed by atoms with van der Waals surface area (Å²) in [6.45, 7) is 0. The summed E-state index contributed by atoms with van der Waals surface area (Å²) in [6.07, 6.45) is 1.74. The number of nitrogens with zero attached hydrogens (tertiary/aromatic N) is 2. The van der Waals surface area contributed by atoms with Crippen LogP contribution in [0, 0.1) is 17.1 Å². The molecule has 3 rings (SSSR count). The molecule has 5 heteroatoms. The van der Waals surface area contributed by atoms with Gasteiger partial charge in [0.05, 0.1) is 16.6 Å². The van der Waals surface area contributed by atoms with Crippen LogP contribution in [0.3, 0.4) is 0 Å². The summed E-state index contributed by atoms with van der Waals surface area (Å²) < 4.78 is 14.2. The van der Waals surface area contributed by atoms with E-state index in [1.807, 2.05) is 24.3 Å². The van der Waals surface area contributed by atoms with Crippen LogP contribution in [-0.2, 0) is 0 Å². The highest BCUT2D eigenvalue weighted by Crippen LogP contribution is 2.20. The fraction of sp³-hybridized carbons (Fsp3) is 0. The molecule has 0 spiro atoms. The Hall–Kier alpha value is -2.45. The molecule has 0 aliphatic carbocycles. The van der Waals surface area contributed by atoms with Gasteiger partial charge in [-0.05, 0) is 42.0 Å². The molecule has 0 saturated heterocycles. The van der Waals surface area contributed by atoms with E-state index >= 15 is 0 Å². The van der Waals surface area contributed by atoms with Crippen LogP contribution in [0.15, 0.2) is 46.9 Å². The van der Waals surface area contributed by atoms with E-state index in [1.165, 1.54) is 12.1 Å². The van der Waals surface area contributed by atoms with Crippen molar-refractivity contribution >= 4 is 38.6 Å². The number of benzene rings is 2. The zero-order chi connectivity index (χ0) is 14.8. The van der Waals surface area contributed by atoms with Gasteiger partial charge in [0.15, 0.2) is 0 Å². The summed E-state index contributed by atoms with van der Waals surface area (Å²) in [7, 11) is 0. The minimum absolute atomic E-state index is 0.340. The highest BCUT2D eigenvalue weighted by molar-refractivity contribution is 9.10. The number of hydrogen-bond acceptors (Lipinski definition) is 2. The first-order valence-corrected chi connectivity index (χ1v) is 6.98. The Bertz CT molecular complexity index is 873. The van der Waals surface area contributed by atoms with Gasteiger partial charge in [0, 0.05) is 4.47 Å².